The molecule has 0 atom stereocenters. The molecule has 2 aromatic heterocycles. The maximum atomic E-state index is 12.4. The molecule has 0 spiro atoms. The molecule has 2 heterocycles. The Bertz CT molecular complexity index is 977. The van der Waals surface area contributed by atoms with Crippen molar-refractivity contribution in [2.24, 2.45) is 0 Å². The fourth-order valence-corrected chi connectivity index (χ4v) is 4.26. The highest BCUT2D eigenvalue weighted by Gasteiger charge is 2.18. The Kier molecular flexibility index (Phi) is 5.21. The van der Waals surface area contributed by atoms with Crippen LogP contribution in [0, 0.1) is 6.92 Å². The molecule has 144 valence electrons. The standard InChI is InChI=1S/C20H21N5O2S/c1-12-6-8-14(9-7-12)22-20-24-17(23-19(21)25-20)11-27-18(26)16-10-13-4-2-3-5-15(13)28-16/h6-10H,2-5,11H2,1H3,(H3,21,22,23,24,25). The third-order valence-electron chi connectivity index (χ3n) is 4.54. The van der Waals surface area contributed by atoms with Gasteiger partial charge in [-0.15, -0.1) is 11.3 Å². The number of hydrogen-bond acceptors (Lipinski definition) is 8. The van der Waals surface area contributed by atoms with Crippen LogP contribution in [0.5, 0.6) is 0 Å². The van der Waals surface area contributed by atoms with Crippen molar-refractivity contribution in [2.45, 2.75) is 39.2 Å². The molecule has 28 heavy (non-hydrogen) atoms. The third kappa shape index (κ3) is 4.28. The molecule has 1 aliphatic rings. The predicted octanol–water partition coefficient (Wildman–Crippen LogP) is 3.80. The number of nitrogen functional groups attached to an aromatic ring is 1. The van der Waals surface area contributed by atoms with Gasteiger partial charge in [-0.3, -0.25) is 0 Å². The van der Waals surface area contributed by atoms with E-state index < -0.39 is 0 Å². The summed E-state index contributed by atoms with van der Waals surface area (Å²) in [6.45, 7) is 1.96. The average Bonchev–Trinajstić information content (AvgIpc) is 3.12. The molecular weight excluding hydrogens is 374 g/mol. The molecule has 3 aromatic rings. The van der Waals surface area contributed by atoms with Gasteiger partial charge >= 0.3 is 5.97 Å². The molecular formula is C20H21N5O2S. The number of aromatic nitrogens is 3. The van der Waals surface area contributed by atoms with Crippen LogP contribution in [0.4, 0.5) is 17.6 Å². The number of aryl methyl sites for hydroxylation is 3. The van der Waals surface area contributed by atoms with E-state index in [4.69, 9.17) is 10.5 Å². The van der Waals surface area contributed by atoms with Crippen molar-refractivity contribution in [3.05, 3.63) is 57.0 Å². The Balaban J connectivity index is 1.42. The van der Waals surface area contributed by atoms with Crippen LogP contribution in [0.3, 0.4) is 0 Å². The largest absolute Gasteiger partial charge is 0.453 e. The number of nitrogens with one attached hydrogen (secondary N) is 1. The van der Waals surface area contributed by atoms with Crippen LogP contribution in [-0.4, -0.2) is 20.9 Å². The van der Waals surface area contributed by atoms with Gasteiger partial charge in [0.25, 0.3) is 0 Å². The summed E-state index contributed by atoms with van der Waals surface area (Å²) >= 11 is 1.52. The van der Waals surface area contributed by atoms with Crippen molar-refractivity contribution >= 4 is 34.9 Å². The highest BCUT2D eigenvalue weighted by molar-refractivity contribution is 7.14. The lowest BCUT2D eigenvalue weighted by atomic mass is 9.99. The molecule has 0 radical (unpaired) electrons. The number of fused-ring (bicyclic) bond motifs is 1. The monoisotopic (exact) mass is 395 g/mol. The first-order valence-electron chi connectivity index (χ1n) is 9.19. The van der Waals surface area contributed by atoms with Gasteiger partial charge in [0.05, 0.1) is 0 Å². The highest BCUT2D eigenvalue weighted by atomic mass is 32.1. The van der Waals surface area contributed by atoms with Crippen LogP contribution in [0.15, 0.2) is 30.3 Å². The number of nitrogens with zero attached hydrogens (tertiary/aromatic N) is 3. The van der Waals surface area contributed by atoms with Gasteiger partial charge in [-0.2, -0.15) is 15.0 Å². The number of hydrogen-bond donors (Lipinski definition) is 2. The molecule has 4 rings (SSSR count). The van der Waals surface area contributed by atoms with E-state index in [9.17, 15) is 4.79 Å². The Morgan fingerprint density at radius 1 is 1.18 bits per heavy atom. The van der Waals surface area contributed by atoms with Gasteiger partial charge in [0.2, 0.25) is 11.9 Å². The van der Waals surface area contributed by atoms with Crippen molar-refractivity contribution in [3.63, 3.8) is 0 Å². The Labute approximate surface area is 167 Å². The van der Waals surface area contributed by atoms with E-state index in [1.807, 2.05) is 37.3 Å². The zero-order valence-electron chi connectivity index (χ0n) is 15.6. The molecule has 0 saturated heterocycles. The SMILES string of the molecule is Cc1ccc(Nc2nc(N)nc(COC(=O)c3cc4c(s3)CCCC4)n2)cc1. The van der Waals surface area contributed by atoms with Crippen LogP contribution in [0.25, 0.3) is 0 Å². The minimum absolute atomic E-state index is 0.0588. The van der Waals surface area contributed by atoms with E-state index >= 15 is 0 Å². The minimum atomic E-state index is -0.355. The first-order valence-corrected chi connectivity index (χ1v) is 10.0. The van der Waals surface area contributed by atoms with Gasteiger partial charge in [-0.1, -0.05) is 17.7 Å². The van der Waals surface area contributed by atoms with Crippen LogP contribution >= 0.6 is 11.3 Å². The van der Waals surface area contributed by atoms with Crippen LogP contribution in [-0.2, 0) is 24.2 Å². The summed E-state index contributed by atoms with van der Waals surface area (Å²) in [5.41, 5.74) is 9.05. The summed E-state index contributed by atoms with van der Waals surface area (Å²) < 4.78 is 5.40. The van der Waals surface area contributed by atoms with Gasteiger partial charge in [0.15, 0.2) is 12.4 Å². The summed E-state index contributed by atoms with van der Waals surface area (Å²) in [5.74, 6) is 0.333. The van der Waals surface area contributed by atoms with E-state index in [1.54, 1.807) is 0 Å². The fraction of sp³-hybridized carbons (Fsp3) is 0.300. The Morgan fingerprint density at radius 3 is 2.75 bits per heavy atom. The minimum Gasteiger partial charge on any atom is -0.453 e. The molecule has 1 aliphatic carbocycles. The molecule has 1 aromatic carbocycles. The van der Waals surface area contributed by atoms with Gasteiger partial charge < -0.3 is 15.8 Å². The Hall–Kier alpha value is -3.00. The summed E-state index contributed by atoms with van der Waals surface area (Å²) in [7, 11) is 0. The third-order valence-corrected chi connectivity index (χ3v) is 5.75. The lowest BCUT2D eigenvalue weighted by Crippen LogP contribution is -2.10. The second-order valence-electron chi connectivity index (χ2n) is 6.77. The average molecular weight is 395 g/mol. The molecule has 0 saturated carbocycles. The first-order chi connectivity index (χ1) is 13.6. The number of thiophene rings is 1. The van der Waals surface area contributed by atoms with Crippen molar-refractivity contribution in [2.75, 3.05) is 11.1 Å². The van der Waals surface area contributed by atoms with Crippen molar-refractivity contribution in [1.82, 2.24) is 15.0 Å². The van der Waals surface area contributed by atoms with E-state index in [0.717, 1.165) is 24.1 Å². The fourth-order valence-electron chi connectivity index (χ4n) is 3.12. The lowest BCUT2D eigenvalue weighted by Gasteiger charge is -2.08. The number of ether oxygens (including phenoxy) is 1. The van der Waals surface area contributed by atoms with Crippen molar-refractivity contribution < 1.29 is 9.53 Å². The van der Waals surface area contributed by atoms with E-state index in [2.05, 4.69) is 20.3 Å². The lowest BCUT2D eigenvalue weighted by molar-refractivity contribution is 0.0468. The number of carbonyl (C=O) groups excluding carboxylic acids is 1. The molecule has 8 heteroatoms. The van der Waals surface area contributed by atoms with Gasteiger partial charge in [0.1, 0.15) is 4.88 Å². The van der Waals surface area contributed by atoms with E-state index in [1.165, 1.54) is 34.6 Å². The number of anilines is 3. The summed E-state index contributed by atoms with van der Waals surface area (Å²) in [5, 5.41) is 3.08. The number of benzene rings is 1. The normalized spacial score (nSPS) is 13.0. The second-order valence-corrected chi connectivity index (χ2v) is 7.90. The smallest absolute Gasteiger partial charge is 0.348 e. The number of esters is 1. The predicted molar refractivity (Wildman–Crippen MR) is 109 cm³/mol. The molecule has 0 amide bonds. The van der Waals surface area contributed by atoms with E-state index in [0.29, 0.717) is 16.6 Å². The number of nitrogens with two attached hydrogens (primary N) is 1. The summed E-state index contributed by atoms with van der Waals surface area (Å²) in [6.07, 6.45) is 4.45. The molecule has 0 fully saturated rings. The van der Waals surface area contributed by atoms with Gasteiger partial charge in [0, 0.05) is 10.6 Å². The van der Waals surface area contributed by atoms with Crippen LogP contribution in [0.2, 0.25) is 0 Å². The number of carbonyl (C=O) groups is 1. The topological polar surface area (TPSA) is 103 Å². The molecule has 0 bridgehead atoms. The van der Waals surface area contributed by atoms with Gasteiger partial charge in [-0.05, 0) is 56.4 Å². The van der Waals surface area contributed by atoms with Crippen molar-refractivity contribution in [1.29, 1.82) is 0 Å². The number of rotatable bonds is 5. The highest BCUT2D eigenvalue weighted by Crippen LogP contribution is 2.30. The maximum absolute atomic E-state index is 12.4. The zero-order valence-corrected chi connectivity index (χ0v) is 16.4. The first kappa shape index (κ1) is 18.4. The quantitative estimate of drug-likeness (QED) is 0.633. The van der Waals surface area contributed by atoms with Crippen LogP contribution in [0.1, 0.15) is 44.3 Å². The van der Waals surface area contributed by atoms with Crippen molar-refractivity contribution in [3.8, 4) is 0 Å². The molecule has 3 N–H and O–H groups in total. The Morgan fingerprint density at radius 2 is 1.96 bits per heavy atom. The molecule has 0 unspecified atom stereocenters. The molecule has 0 aliphatic heterocycles. The van der Waals surface area contributed by atoms with E-state index in [-0.39, 0.29) is 18.5 Å². The summed E-state index contributed by atoms with van der Waals surface area (Å²) in [6, 6.07) is 9.77. The molecule has 7 nitrogen and oxygen atoms in total. The second kappa shape index (κ2) is 7.93. The zero-order chi connectivity index (χ0) is 19.5. The van der Waals surface area contributed by atoms with Gasteiger partial charge in [-0.25, -0.2) is 4.79 Å². The summed E-state index contributed by atoms with van der Waals surface area (Å²) in [4.78, 5) is 26.8. The maximum Gasteiger partial charge on any atom is 0.348 e. The van der Waals surface area contributed by atoms with Crippen LogP contribution < -0.4 is 11.1 Å².